The lowest BCUT2D eigenvalue weighted by Crippen LogP contribution is -2.61. The van der Waals surface area contributed by atoms with Gasteiger partial charge >= 0.3 is 12.1 Å². The summed E-state index contributed by atoms with van der Waals surface area (Å²) in [6.07, 6.45) is 2.71. The maximum absolute atomic E-state index is 14.6. The Labute approximate surface area is 333 Å². The van der Waals surface area contributed by atoms with E-state index in [4.69, 9.17) is 4.74 Å². The minimum atomic E-state index is -3.55. The number of likely N-dealkylation sites (N-methyl/N-ethyl adjacent to an activating group) is 1. The molecule has 3 rings (SSSR count). The van der Waals surface area contributed by atoms with Crippen molar-refractivity contribution in [1.29, 1.82) is 0 Å². The molecular weight excluding hydrogens is 739 g/mol. The van der Waals surface area contributed by atoms with Crippen LogP contribution in [0.4, 0.5) is 9.59 Å². The Kier molecular flexibility index (Phi) is 16.0. The maximum atomic E-state index is 14.6. The number of allylic oxidation sites excluding steroid dienone is 1. The number of ketones is 3. The largest absolute Gasteiger partial charge is 0.444 e. The van der Waals surface area contributed by atoms with Crippen molar-refractivity contribution >= 4 is 45.4 Å². The number of fused-ring (bicyclic) bond motifs is 1. The summed E-state index contributed by atoms with van der Waals surface area (Å²) in [5, 5.41) is 5.65. The minimum absolute atomic E-state index is 0.00854. The fourth-order valence-electron chi connectivity index (χ4n) is 7.01. The number of hydrogen-bond donors (Lipinski definition) is 2. The van der Waals surface area contributed by atoms with E-state index < -0.39 is 86.4 Å². The molecule has 15 heteroatoms. The van der Waals surface area contributed by atoms with E-state index in [1.165, 1.54) is 11.9 Å². The smallest absolute Gasteiger partial charge is 0.410 e. The van der Waals surface area contributed by atoms with Gasteiger partial charge in [-0.2, -0.15) is 0 Å². The Hall–Kier alpha value is -4.11. The summed E-state index contributed by atoms with van der Waals surface area (Å²) in [6.45, 7) is 17.0. The third-order valence-electron chi connectivity index (χ3n) is 10.6. The molecule has 14 nitrogen and oxygen atoms in total. The van der Waals surface area contributed by atoms with Crippen LogP contribution >= 0.6 is 0 Å². The Balaban J connectivity index is 1.91. The molecule has 0 saturated carbocycles. The molecule has 0 radical (unpaired) electrons. The highest BCUT2D eigenvalue weighted by Gasteiger charge is 2.47. The summed E-state index contributed by atoms with van der Waals surface area (Å²) in [6, 6.07) is 4.22. The van der Waals surface area contributed by atoms with Gasteiger partial charge in [0.05, 0.1) is 18.8 Å². The van der Waals surface area contributed by atoms with Gasteiger partial charge in [0.25, 0.3) is 0 Å². The van der Waals surface area contributed by atoms with Gasteiger partial charge in [0, 0.05) is 57.9 Å². The van der Waals surface area contributed by atoms with Crippen LogP contribution in [0, 0.1) is 16.7 Å². The zero-order chi connectivity index (χ0) is 42.2. The van der Waals surface area contributed by atoms with Crippen LogP contribution in [0.25, 0.3) is 0 Å². The Morgan fingerprint density at radius 3 is 2.23 bits per heavy atom. The lowest BCUT2D eigenvalue weighted by molar-refractivity contribution is -0.143. The number of Topliss-reactive ketones (excluding diaryl/α,β-unsaturated/α-hetero) is 3. The van der Waals surface area contributed by atoms with Gasteiger partial charge in [-0.05, 0) is 41.2 Å². The van der Waals surface area contributed by atoms with Crippen molar-refractivity contribution in [2.75, 3.05) is 32.9 Å². The highest BCUT2D eigenvalue weighted by molar-refractivity contribution is 7.88. The number of nitrogens with one attached hydrogen (secondary N) is 2. The molecule has 2 unspecified atom stereocenters. The van der Waals surface area contributed by atoms with E-state index in [1.807, 2.05) is 52.0 Å². The number of likely N-dealkylation sites (tertiary alicyclic amines) is 1. The summed E-state index contributed by atoms with van der Waals surface area (Å²) >= 11 is 0. The number of urea groups is 1. The number of benzene rings is 1. The third-order valence-corrected chi connectivity index (χ3v) is 11.9. The number of sulfonamides is 1. The van der Waals surface area contributed by atoms with Crippen molar-refractivity contribution in [3.05, 3.63) is 48.0 Å². The molecule has 56 heavy (non-hydrogen) atoms. The average Bonchev–Trinajstić information content (AvgIpc) is 3.54. The average molecular weight is 802 g/mol. The monoisotopic (exact) mass is 801 g/mol. The second-order valence-electron chi connectivity index (χ2n) is 17.3. The molecule has 0 bridgehead atoms. The fraction of sp³-hybridized carbons (Fsp3) is 0.659. The van der Waals surface area contributed by atoms with Crippen molar-refractivity contribution in [1.82, 2.24) is 24.7 Å². The molecule has 4 amide bonds. The van der Waals surface area contributed by atoms with Crippen molar-refractivity contribution in [3.63, 3.8) is 0 Å². The first-order valence-electron chi connectivity index (χ1n) is 19.5. The van der Waals surface area contributed by atoms with Crippen LogP contribution in [-0.4, -0.2) is 115 Å². The highest BCUT2D eigenvalue weighted by atomic mass is 32.2. The third kappa shape index (κ3) is 12.7. The van der Waals surface area contributed by atoms with Crippen LogP contribution in [0.1, 0.15) is 98.1 Å². The van der Waals surface area contributed by atoms with Crippen LogP contribution in [0.3, 0.4) is 0 Å². The molecule has 1 aromatic carbocycles. The van der Waals surface area contributed by atoms with E-state index in [2.05, 4.69) is 17.2 Å². The summed E-state index contributed by atoms with van der Waals surface area (Å²) in [4.78, 5) is 84.9. The van der Waals surface area contributed by atoms with Crippen LogP contribution < -0.4 is 10.6 Å². The van der Waals surface area contributed by atoms with E-state index in [0.29, 0.717) is 38.8 Å². The lowest BCUT2D eigenvalue weighted by atomic mass is 9.84. The second-order valence-corrected chi connectivity index (χ2v) is 19.4. The Morgan fingerprint density at radius 1 is 1.02 bits per heavy atom. The number of rotatable bonds is 17. The van der Waals surface area contributed by atoms with Gasteiger partial charge in [0.15, 0.2) is 11.6 Å². The van der Waals surface area contributed by atoms with Gasteiger partial charge in [-0.25, -0.2) is 22.3 Å². The fourth-order valence-corrected chi connectivity index (χ4v) is 7.43. The molecule has 5 atom stereocenters. The molecule has 0 aromatic heterocycles. The number of carbonyl (C=O) groups is 6. The van der Waals surface area contributed by atoms with Crippen LogP contribution in [0.15, 0.2) is 36.9 Å². The quantitative estimate of drug-likeness (QED) is 0.168. The molecule has 0 spiro atoms. The van der Waals surface area contributed by atoms with Gasteiger partial charge in [0.2, 0.25) is 21.7 Å². The number of amides is 4. The first-order valence-corrected chi connectivity index (χ1v) is 21.3. The zero-order valence-electron chi connectivity index (χ0n) is 34.7. The van der Waals surface area contributed by atoms with E-state index in [9.17, 15) is 37.2 Å². The topological polar surface area (TPSA) is 180 Å². The number of nitrogens with zero attached hydrogens (tertiary/aromatic N) is 3. The normalized spacial score (nSPS) is 19.0. The summed E-state index contributed by atoms with van der Waals surface area (Å²) in [5.41, 5.74) is 0.712. The van der Waals surface area contributed by atoms with Crippen molar-refractivity contribution in [2.45, 2.75) is 124 Å². The first-order chi connectivity index (χ1) is 26.0. The van der Waals surface area contributed by atoms with E-state index in [-0.39, 0.29) is 32.4 Å². The zero-order valence-corrected chi connectivity index (χ0v) is 35.5. The Bertz CT molecular complexity index is 1730. The van der Waals surface area contributed by atoms with Gasteiger partial charge < -0.3 is 25.2 Å². The SMILES string of the molecule is C=CCCC(=O)C(=O)C(CCC)CC(=O)[C@@H]1CC(OC(=O)N2CCc3ccccc3C2)CN1C(=O)[C@@H](NC(=O)N[C@H](CN(C)S(C)(=O)=O)C(C)(C)C)C(C)(C)C. The predicted octanol–water partition coefficient (Wildman–Crippen LogP) is 4.65. The summed E-state index contributed by atoms with van der Waals surface area (Å²) in [7, 11) is -2.13. The molecule has 1 fully saturated rings. The van der Waals surface area contributed by atoms with Crippen molar-refractivity contribution in [2.24, 2.45) is 16.7 Å². The van der Waals surface area contributed by atoms with E-state index in [0.717, 1.165) is 21.7 Å². The summed E-state index contributed by atoms with van der Waals surface area (Å²) < 4.78 is 31.5. The van der Waals surface area contributed by atoms with Gasteiger partial charge in [0.1, 0.15) is 12.1 Å². The lowest BCUT2D eigenvalue weighted by Gasteiger charge is -2.37. The number of hydrogen-bond acceptors (Lipinski definition) is 9. The first kappa shape index (κ1) is 46.3. The standard InChI is InChI=1S/C41H63N5O9S/c1-11-13-19-32(47)35(49)28(16-12-2)22-33(48)31-23-30(55-39(52)45-21-20-27-17-14-15-18-29(27)24-45)25-46(31)37(50)36(41(6,7)8)43-38(51)42-34(40(3,4)5)26-44(9)56(10,53)54/h11,14-15,17-18,28,30-31,34,36H,1,12-13,16,19-26H2,2-10H3,(H2,42,43,51)/t28?,30?,31-,34+,36+/m0/s1. The van der Waals surface area contributed by atoms with Crippen molar-refractivity contribution in [3.8, 4) is 0 Å². The molecule has 0 aliphatic carbocycles. The number of carbonyl (C=O) groups excluding carboxylic acids is 6. The molecule has 2 heterocycles. The van der Waals surface area contributed by atoms with Crippen molar-refractivity contribution < 1.29 is 41.9 Å². The van der Waals surface area contributed by atoms with Gasteiger partial charge in [-0.1, -0.05) is 85.2 Å². The predicted molar refractivity (Wildman–Crippen MR) is 214 cm³/mol. The van der Waals surface area contributed by atoms with E-state index in [1.54, 1.807) is 31.7 Å². The van der Waals surface area contributed by atoms with Crippen LogP contribution in [0.5, 0.6) is 0 Å². The highest BCUT2D eigenvalue weighted by Crippen LogP contribution is 2.31. The molecule has 312 valence electrons. The number of ether oxygens (including phenoxy) is 1. The van der Waals surface area contributed by atoms with E-state index >= 15 is 0 Å². The Morgan fingerprint density at radius 2 is 1.66 bits per heavy atom. The maximum Gasteiger partial charge on any atom is 0.410 e. The van der Waals surface area contributed by atoms with Gasteiger partial charge in [-0.15, -0.1) is 6.58 Å². The minimum Gasteiger partial charge on any atom is -0.444 e. The van der Waals surface area contributed by atoms with Gasteiger partial charge in [-0.3, -0.25) is 19.2 Å². The van der Waals surface area contributed by atoms with Crippen LogP contribution in [-0.2, 0) is 46.9 Å². The molecular formula is C41H63N5O9S. The summed E-state index contributed by atoms with van der Waals surface area (Å²) in [5.74, 6) is -3.12. The molecule has 1 saturated heterocycles. The molecule has 1 aromatic rings. The molecule has 2 aliphatic rings. The second kappa shape index (κ2) is 19.4. The molecule has 2 N–H and O–H groups in total. The van der Waals surface area contributed by atoms with Crippen LogP contribution in [0.2, 0.25) is 0 Å². The molecule has 2 aliphatic heterocycles.